The van der Waals surface area contributed by atoms with Crippen LogP contribution in [0.15, 0.2) is 30.5 Å². The molecule has 1 atom stereocenters. The van der Waals surface area contributed by atoms with Gasteiger partial charge >= 0.3 is 5.97 Å². The van der Waals surface area contributed by atoms with E-state index >= 15 is 0 Å². The van der Waals surface area contributed by atoms with E-state index < -0.39 is 12.1 Å². The highest BCUT2D eigenvalue weighted by Crippen LogP contribution is 2.20. The third-order valence-electron chi connectivity index (χ3n) is 4.53. The number of hydrogen-bond acceptors (Lipinski definition) is 4. The Hall–Kier alpha value is -2.63. The Morgan fingerprint density at radius 2 is 1.96 bits per heavy atom. The van der Waals surface area contributed by atoms with E-state index in [9.17, 15) is 9.59 Å². The molecule has 0 saturated heterocycles. The molecule has 0 fully saturated rings. The van der Waals surface area contributed by atoms with Gasteiger partial charge in [-0.15, -0.1) is 0 Å². The molecule has 1 aliphatic rings. The predicted octanol–water partition coefficient (Wildman–Crippen LogP) is 1.86. The van der Waals surface area contributed by atoms with E-state index in [1.165, 1.54) is 11.8 Å². The number of nitrogens with zero attached hydrogens (tertiary/aromatic N) is 3. The molecule has 0 radical (unpaired) electrons. The topological polar surface area (TPSA) is 64.4 Å². The standard InChI is InChI=1S/C18H21N3O3/c1-12-16(10-19-20(12)3)18(23)24-13(2)17(22)21-9-8-14-6-4-5-7-15(14)11-21/h4-7,10,13H,8-9,11H2,1-3H3. The van der Waals surface area contributed by atoms with Crippen LogP contribution in [0, 0.1) is 6.92 Å². The molecule has 1 aromatic carbocycles. The van der Waals surface area contributed by atoms with Crippen molar-refractivity contribution in [3.8, 4) is 0 Å². The lowest BCUT2D eigenvalue weighted by molar-refractivity contribution is -0.140. The van der Waals surface area contributed by atoms with Gasteiger partial charge in [0, 0.05) is 25.8 Å². The van der Waals surface area contributed by atoms with Crippen molar-refractivity contribution in [2.24, 2.45) is 7.05 Å². The van der Waals surface area contributed by atoms with Crippen LogP contribution in [0.5, 0.6) is 0 Å². The van der Waals surface area contributed by atoms with E-state index in [4.69, 9.17) is 4.74 Å². The summed E-state index contributed by atoms with van der Waals surface area (Å²) in [5, 5.41) is 4.02. The Labute approximate surface area is 141 Å². The van der Waals surface area contributed by atoms with Crippen molar-refractivity contribution in [2.75, 3.05) is 6.54 Å². The highest BCUT2D eigenvalue weighted by atomic mass is 16.5. The number of hydrogen-bond donors (Lipinski definition) is 0. The number of aryl methyl sites for hydroxylation is 1. The van der Waals surface area contributed by atoms with Crippen molar-refractivity contribution in [1.29, 1.82) is 0 Å². The van der Waals surface area contributed by atoms with Crippen LogP contribution in [0.1, 0.15) is 34.1 Å². The third kappa shape index (κ3) is 3.04. The summed E-state index contributed by atoms with van der Waals surface area (Å²) in [5.41, 5.74) is 3.53. The molecule has 0 bridgehead atoms. The van der Waals surface area contributed by atoms with E-state index in [1.807, 2.05) is 18.2 Å². The fraction of sp³-hybridized carbons (Fsp3) is 0.389. The van der Waals surface area contributed by atoms with Crippen molar-refractivity contribution in [2.45, 2.75) is 32.9 Å². The van der Waals surface area contributed by atoms with Gasteiger partial charge in [-0.1, -0.05) is 24.3 Å². The highest BCUT2D eigenvalue weighted by molar-refractivity contribution is 5.93. The molecule has 1 aromatic heterocycles. The number of carbonyl (C=O) groups excluding carboxylic acids is 2. The summed E-state index contributed by atoms with van der Waals surface area (Å²) in [6.45, 7) is 4.61. The zero-order chi connectivity index (χ0) is 17.3. The minimum atomic E-state index is -0.817. The van der Waals surface area contributed by atoms with Crippen LogP contribution in [0.25, 0.3) is 0 Å². The molecule has 1 unspecified atom stereocenters. The van der Waals surface area contributed by atoms with Crippen molar-refractivity contribution in [1.82, 2.24) is 14.7 Å². The lowest BCUT2D eigenvalue weighted by Gasteiger charge is -2.30. The Morgan fingerprint density at radius 3 is 2.62 bits per heavy atom. The maximum atomic E-state index is 12.6. The molecule has 0 aliphatic carbocycles. The number of carbonyl (C=O) groups is 2. The molecule has 1 amide bonds. The Kier molecular flexibility index (Phi) is 4.38. The van der Waals surface area contributed by atoms with Crippen LogP contribution < -0.4 is 0 Å². The lowest BCUT2D eigenvalue weighted by atomic mass is 9.99. The normalized spacial score (nSPS) is 14.9. The summed E-state index contributed by atoms with van der Waals surface area (Å²) in [5.74, 6) is -0.682. The smallest absolute Gasteiger partial charge is 0.342 e. The Bertz CT molecular complexity index is 782. The van der Waals surface area contributed by atoms with Crippen LogP contribution in [0.4, 0.5) is 0 Å². The fourth-order valence-electron chi connectivity index (χ4n) is 2.91. The molecular weight excluding hydrogens is 306 g/mol. The van der Waals surface area contributed by atoms with E-state index in [0.717, 1.165) is 12.0 Å². The van der Waals surface area contributed by atoms with Gasteiger partial charge in [0.2, 0.25) is 0 Å². The third-order valence-corrected chi connectivity index (χ3v) is 4.53. The van der Waals surface area contributed by atoms with E-state index in [2.05, 4.69) is 11.2 Å². The summed E-state index contributed by atoms with van der Waals surface area (Å²) in [7, 11) is 1.76. The first-order valence-electron chi connectivity index (χ1n) is 8.02. The van der Waals surface area contributed by atoms with Crippen molar-refractivity contribution in [3.63, 3.8) is 0 Å². The molecule has 2 aromatic rings. The van der Waals surface area contributed by atoms with Gasteiger partial charge in [-0.3, -0.25) is 9.48 Å². The number of aromatic nitrogens is 2. The maximum absolute atomic E-state index is 12.6. The van der Waals surface area contributed by atoms with Gasteiger partial charge in [-0.05, 0) is 31.4 Å². The van der Waals surface area contributed by atoms with Crippen LogP contribution >= 0.6 is 0 Å². The van der Waals surface area contributed by atoms with Gasteiger partial charge in [0.25, 0.3) is 5.91 Å². The molecule has 1 aliphatic heterocycles. The molecule has 0 spiro atoms. The zero-order valence-electron chi connectivity index (χ0n) is 14.2. The fourth-order valence-corrected chi connectivity index (χ4v) is 2.91. The summed E-state index contributed by atoms with van der Waals surface area (Å²) < 4.78 is 6.95. The zero-order valence-corrected chi connectivity index (χ0v) is 14.2. The maximum Gasteiger partial charge on any atom is 0.342 e. The first-order valence-corrected chi connectivity index (χ1v) is 8.02. The highest BCUT2D eigenvalue weighted by Gasteiger charge is 2.28. The van der Waals surface area contributed by atoms with E-state index in [-0.39, 0.29) is 5.91 Å². The SMILES string of the molecule is Cc1c(C(=O)OC(C)C(=O)N2CCc3ccccc3C2)cnn1C. The number of esters is 1. The van der Waals surface area contributed by atoms with Gasteiger partial charge < -0.3 is 9.64 Å². The van der Waals surface area contributed by atoms with Crippen LogP contribution in [0.2, 0.25) is 0 Å². The lowest BCUT2D eigenvalue weighted by Crippen LogP contribution is -2.42. The molecule has 3 rings (SSSR count). The number of fused-ring (bicyclic) bond motifs is 1. The van der Waals surface area contributed by atoms with Gasteiger partial charge in [0.15, 0.2) is 6.10 Å². The molecule has 6 heteroatoms. The quantitative estimate of drug-likeness (QED) is 0.807. The summed E-state index contributed by atoms with van der Waals surface area (Å²) in [6.07, 6.45) is 1.47. The minimum absolute atomic E-state index is 0.167. The monoisotopic (exact) mass is 327 g/mol. The van der Waals surface area contributed by atoms with Crippen LogP contribution in [0.3, 0.4) is 0 Å². The minimum Gasteiger partial charge on any atom is -0.449 e. The van der Waals surface area contributed by atoms with Crippen LogP contribution in [-0.4, -0.2) is 39.2 Å². The largest absolute Gasteiger partial charge is 0.449 e. The van der Waals surface area contributed by atoms with Gasteiger partial charge in [0.05, 0.1) is 6.20 Å². The first-order chi connectivity index (χ1) is 11.5. The molecule has 24 heavy (non-hydrogen) atoms. The number of ether oxygens (including phenoxy) is 1. The van der Waals surface area contributed by atoms with Crippen molar-refractivity contribution in [3.05, 3.63) is 52.8 Å². The summed E-state index contributed by atoms with van der Waals surface area (Å²) in [4.78, 5) is 26.6. The average molecular weight is 327 g/mol. The Morgan fingerprint density at radius 1 is 1.25 bits per heavy atom. The molecule has 0 saturated carbocycles. The van der Waals surface area contributed by atoms with Gasteiger partial charge in [0.1, 0.15) is 5.56 Å². The first kappa shape index (κ1) is 16.2. The molecule has 6 nitrogen and oxygen atoms in total. The summed E-state index contributed by atoms with van der Waals surface area (Å²) in [6, 6.07) is 8.11. The van der Waals surface area contributed by atoms with Gasteiger partial charge in [-0.2, -0.15) is 5.10 Å². The second-order valence-electron chi connectivity index (χ2n) is 6.09. The second kappa shape index (κ2) is 6.47. The number of benzene rings is 1. The summed E-state index contributed by atoms with van der Waals surface area (Å²) >= 11 is 0. The number of amides is 1. The number of rotatable bonds is 3. The van der Waals surface area contributed by atoms with E-state index in [1.54, 1.807) is 30.5 Å². The van der Waals surface area contributed by atoms with Gasteiger partial charge in [-0.25, -0.2) is 4.79 Å². The van der Waals surface area contributed by atoms with Crippen molar-refractivity contribution < 1.29 is 14.3 Å². The van der Waals surface area contributed by atoms with E-state index in [0.29, 0.717) is 24.3 Å². The average Bonchev–Trinajstić information content (AvgIpc) is 2.93. The molecular formula is C18H21N3O3. The molecule has 126 valence electrons. The second-order valence-corrected chi connectivity index (χ2v) is 6.09. The molecule has 2 heterocycles. The predicted molar refractivity (Wildman–Crippen MR) is 88.4 cm³/mol. The van der Waals surface area contributed by atoms with Crippen LogP contribution in [-0.2, 0) is 29.5 Å². The Balaban J connectivity index is 1.65. The molecule has 0 N–H and O–H groups in total. The van der Waals surface area contributed by atoms with Crippen molar-refractivity contribution >= 4 is 11.9 Å².